The van der Waals surface area contributed by atoms with Gasteiger partial charge in [-0.3, -0.25) is 4.79 Å². The van der Waals surface area contributed by atoms with E-state index in [1.807, 2.05) is 26.8 Å². The third kappa shape index (κ3) is 4.12. The molecule has 1 aromatic rings. The number of phenols is 1. The van der Waals surface area contributed by atoms with Crippen molar-refractivity contribution in [3.05, 3.63) is 35.4 Å². The van der Waals surface area contributed by atoms with Crippen molar-refractivity contribution in [2.45, 2.75) is 39.7 Å². The van der Waals surface area contributed by atoms with Crippen molar-refractivity contribution in [2.24, 2.45) is 0 Å². The number of benzene rings is 1. The highest BCUT2D eigenvalue weighted by Gasteiger charge is 2.24. The largest absolute Gasteiger partial charge is 0.507 e. The van der Waals surface area contributed by atoms with Crippen molar-refractivity contribution in [3.8, 4) is 5.75 Å². The van der Waals surface area contributed by atoms with E-state index in [0.717, 1.165) is 5.57 Å². The molecule has 1 N–H and O–H groups in total. The molecule has 0 saturated heterocycles. The number of hydrogen-bond acceptors (Lipinski definition) is 4. The molecular weight excluding hydrogens is 294 g/mol. The average Bonchev–Trinajstić information content (AvgIpc) is 2.45. The number of Topliss-reactive ketones (excluding diaryl/α,β-unsaturated/α-hetero) is 1. The van der Waals surface area contributed by atoms with Gasteiger partial charge in [0.05, 0.1) is 5.56 Å². The number of hydrogen-bond donors (Lipinski definition) is 1. The molecule has 0 aliphatic carbocycles. The zero-order valence-electron chi connectivity index (χ0n) is 14.0. The Bertz CT molecular complexity index is 655. The van der Waals surface area contributed by atoms with Crippen LogP contribution < -0.4 is 0 Å². The smallest absolute Gasteiger partial charge is 0.410 e. The fraction of sp³-hybridized carbons (Fsp3) is 0.444. The van der Waals surface area contributed by atoms with Gasteiger partial charge in [0.1, 0.15) is 11.4 Å². The monoisotopic (exact) mass is 317 g/mol. The fourth-order valence-electron chi connectivity index (χ4n) is 2.49. The first-order chi connectivity index (χ1) is 10.7. The van der Waals surface area contributed by atoms with Crippen LogP contribution in [0.15, 0.2) is 24.3 Å². The average molecular weight is 317 g/mol. The van der Waals surface area contributed by atoms with E-state index in [1.165, 1.54) is 6.92 Å². The molecule has 1 amide bonds. The molecule has 23 heavy (non-hydrogen) atoms. The molecular formula is C18H23NO4. The number of carbonyl (C=O) groups excluding carboxylic acids is 2. The van der Waals surface area contributed by atoms with Crippen LogP contribution in [0.4, 0.5) is 4.79 Å². The van der Waals surface area contributed by atoms with Crippen molar-refractivity contribution in [1.82, 2.24) is 4.90 Å². The molecule has 0 radical (unpaired) electrons. The van der Waals surface area contributed by atoms with Crippen LogP contribution in [-0.2, 0) is 4.74 Å². The Labute approximate surface area is 136 Å². The summed E-state index contributed by atoms with van der Waals surface area (Å²) >= 11 is 0. The quantitative estimate of drug-likeness (QED) is 0.846. The standard InChI is InChI=1S/C18H23NO4/c1-12(20)14-6-5-7-15(16(14)21)13-8-10-19(11-9-13)17(22)23-18(2,3)4/h5-8,21H,9-11H2,1-4H3. The molecule has 2 rings (SSSR count). The summed E-state index contributed by atoms with van der Waals surface area (Å²) in [4.78, 5) is 25.2. The van der Waals surface area contributed by atoms with Gasteiger partial charge >= 0.3 is 6.09 Å². The molecule has 1 aliphatic heterocycles. The predicted octanol–water partition coefficient (Wildman–Crippen LogP) is 3.62. The molecule has 124 valence electrons. The first kappa shape index (κ1) is 17.1. The molecule has 0 saturated carbocycles. The Morgan fingerprint density at radius 1 is 1.26 bits per heavy atom. The molecule has 0 spiro atoms. The maximum atomic E-state index is 12.0. The van der Waals surface area contributed by atoms with E-state index in [9.17, 15) is 14.7 Å². The van der Waals surface area contributed by atoms with Gasteiger partial charge in [0.2, 0.25) is 0 Å². The molecule has 5 nitrogen and oxygen atoms in total. The summed E-state index contributed by atoms with van der Waals surface area (Å²) in [5.74, 6) is -0.159. The van der Waals surface area contributed by atoms with E-state index in [-0.39, 0.29) is 17.6 Å². The maximum absolute atomic E-state index is 12.0. The van der Waals surface area contributed by atoms with Gasteiger partial charge in [0.15, 0.2) is 5.78 Å². The van der Waals surface area contributed by atoms with Crippen LogP contribution in [0, 0.1) is 0 Å². The molecule has 0 aromatic heterocycles. The molecule has 0 fully saturated rings. The van der Waals surface area contributed by atoms with Crippen molar-refractivity contribution in [3.63, 3.8) is 0 Å². The Kier molecular flexibility index (Phi) is 4.78. The number of aromatic hydroxyl groups is 1. The first-order valence-electron chi connectivity index (χ1n) is 7.69. The number of nitrogens with zero attached hydrogens (tertiary/aromatic N) is 1. The molecule has 1 heterocycles. The Morgan fingerprint density at radius 3 is 2.48 bits per heavy atom. The lowest BCUT2D eigenvalue weighted by molar-refractivity contribution is 0.0270. The van der Waals surface area contributed by atoms with E-state index < -0.39 is 5.60 Å². The van der Waals surface area contributed by atoms with Gasteiger partial charge in [-0.2, -0.15) is 0 Å². The number of ketones is 1. The number of para-hydroxylation sites is 1. The molecule has 0 unspecified atom stereocenters. The predicted molar refractivity (Wildman–Crippen MR) is 88.5 cm³/mol. The summed E-state index contributed by atoms with van der Waals surface area (Å²) in [5, 5.41) is 10.3. The minimum Gasteiger partial charge on any atom is -0.507 e. The van der Waals surface area contributed by atoms with Crippen LogP contribution in [0.5, 0.6) is 5.75 Å². The minimum atomic E-state index is -0.519. The van der Waals surface area contributed by atoms with Crippen molar-refractivity contribution in [1.29, 1.82) is 0 Å². The van der Waals surface area contributed by atoms with E-state index >= 15 is 0 Å². The summed E-state index contributed by atoms with van der Waals surface area (Å²) in [7, 11) is 0. The zero-order valence-corrected chi connectivity index (χ0v) is 14.0. The second kappa shape index (κ2) is 6.44. The lowest BCUT2D eigenvalue weighted by atomic mass is 9.95. The summed E-state index contributed by atoms with van der Waals surface area (Å²) in [6.07, 6.45) is 2.16. The number of ether oxygens (including phenoxy) is 1. The summed E-state index contributed by atoms with van der Waals surface area (Å²) < 4.78 is 5.36. The van der Waals surface area contributed by atoms with Gasteiger partial charge in [-0.05, 0) is 45.8 Å². The lowest BCUT2D eigenvalue weighted by Crippen LogP contribution is -2.39. The highest BCUT2D eigenvalue weighted by atomic mass is 16.6. The van der Waals surface area contributed by atoms with Crippen LogP contribution in [0.1, 0.15) is 50.0 Å². The highest BCUT2D eigenvalue weighted by Crippen LogP contribution is 2.32. The Hall–Kier alpha value is -2.30. The van der Waals surface area contributed by atoms with Crippen LogP contribution in [0.25, 0.3) is 5.57 Å². The number of phenolic OH excluding ortho intramolecular Hbond substituents is 1. The topological polar surface area (TPSA) is 66.8 Å². The minimum absolute atomic E-state index is 0.0111. The second-order valence-electron chi connectivity index (χ2n) is 6.66. The van der Waals surface area contributed by atoms with Crippen LogP contribution in [0.2, 0.25) is 0 Å². The number of rotatable bonds is 2. The van der Waals surface area contributed by atoms with Gasteiger partial charge in [-0.1, -0.05) is 18.2 Å². The normalized spacial score (nSPS) is 15.1. The summed E-state index contributed by atoms with van der Waals surface area (Å²) in [6, 6.07) is 5.15. The van der Waals surface area contributed by atoms with Gasteiger partial charge < -0.3 is 14.7 Å². The lowest BCUT2D eigenvalue weighted by Gasteiger charge is -2.29. The Morgan fingerprint density at radius 2 is 1.96 bits per heavy atom. The van der Waals surface area contributed by atoms with Gasteiger partial charge in [0, 0.05) is 18.7 Å². The molecule has 1 aromatic carbocycles. The molecule has 0 atom stereocenters. The third-order valence-corrected chi connectivity index (χ3v) is 3.62. The van der Waals surface area contributed by atoms with Crippen molar-refractivity contribution in [2.75, 3.05) is 13.1 Å². The van der Waals surface area contributed by atoms with Gasteiger partial charge in [-0.15, -0.1) is 0 Å². The van der Waals surface area contributed by atoms with Crippen LogP contribution in [0.3, 0.4) is 0 Å². The number of carbonyl (C=O) groups is 2. The number of amides is 1. The second-order valence-corrected chi connectivity index (χ2v) is 6.66. The van der Waals surface area contributed by atoms with Gasteiger partial charge in [-0.25, -0.2) is 4.79 Å². The van der Waals surface area contributed by atoms with E-state index in [0.29, 0.717) is 30.6 Å². The maximum Gasteiger partial charge on any atom is 0.410 e. The van der Waals surface area contributed by atoms with Crippen LogP contribution >= 0.6 is 0 Å². The van der Waals surface area contributed by atoms with E-state index in [1.54, 1.807) is 23.1 Å². The highest BCUT2D eigenvalue weighted by molar-refractivity contribution is 5.98. The van der Waals surface area contributed by atoms with Crippen molar-refractivity contribution < 1.29 is 19.4 Å². The molecule has 0 bridgehead atoms. The van der Waals surface area contributed by atoms with E-state index in [4.69, 9.17) is 4.74 Å². The zero-order chi connectivity index (χ0) is 17.2. The SMILES string of the molecule is CC(=O)c1cccc(C2=CCN(C(=O)OC(C)(C)C)CC2)c1O. The van der Waals surface area contributed by atoms with Gasteiger partial charge in [0.25, 0.3) is 0 Å². The first-order valence-corrected chi connectivity index (χ1v) is 7.69. The fourth-order valence-corrected chi connectivity index (χ4v) is 2.49. The Balaban J connectivity index is 2.15. The molecule has 1 aliphatic rings. The van der Waals surface area contributed by atoms with Crippen molar-refractivity contribution >= 4 is 17.4 Å². The third-order valence-electron chi connectivity index (χ3n) is 3.62. The van der Waals surface area contributed by atoms with E-state index in [2.05, 4.69) is 0 Å². The summed E-state index contributed by atoms with van der Waals surface area (Å²) in [5.41, 5.74) is 1.39. The molecule has 5 heteroatoms. The summed E-state index contributed by atoms with van der Waals surface area (Å²) in [6.45, 7) is 7.88. The van der Waals surface area contributed by atoms with Crippen LogP contribution in [-0.4, -0.2) is 40.6 Å².